The van der Waals surface area contributed by atoms with Gasteiger partial charge in [-0.25, -0.2) is 0 Å². The van der Waals surface area contributed by atoms with Gasteiger partial charge >= 0.3 is 0 Å². The molecule has 1 aromatic heterocycles. The maximum atomic E-state index is 2.61. The molecular formula is C45H57N. The minimum atomic E-state index is 0.125. The predicted octanol–water partition coefficient (Wildman–Crippen LogP) is 14.0. The number of para-hydroxylation sites is 1. The summed E-state index contributed by atoms with van der Waals surface area (Å²) in [5.74, 6) is 0. The third kappa shape index (κ3) is 6.58. The van der Waals surface area contributed by atoms with Crippen LogP contribution in [0.2, 0.25) is 0 Å². The summed E-state index contributed by atoms with van der Waals surface area (Å²) < 4.78 is 2.61. The first-order valence-electron chi connectivity index (χ1n) is 19.0. The van der Waals surface area contributed by atoms with E-state index in [0.717, 1.165) is 6.54 Å². The maximum Gasteiger partial charge on any atom is 0.0497 e. The zero-order valence-electron chi connectivity index (χ0n) is 29.1. The topological polar surface area (TPSA) is 4.93 Å². The van der Waals surface area contributed by atoms with Crippen molar-refractivity contribution in [3.63, 3.8) is 0 Å². The zero-order valence-corrected chi connectivity index (χ0v) is 29.1. The number of unbranched alkanes of at least 4 members (excludes halogenated alkanes) is 11. The van der Waals surface area contributed by atoms with E-state index in [1.165, 1.54) is 147 Å². The Morgan fingerprint density at radius 2 is 1.02 bits per heavy atom. The number of aromatic nitrogens is 1. The molecule has 0 aliphatic heterocycles. The molecule has 4 aromatic carbocycles. The Morgan fingerprint density at radius 1 is 0.457 bits per heavy atom. The summed E-state index contributed by atoms with van der Waals surface area (Å²) in [5, 5.41) is 2.78. The summed E-state index contributed by atoms with van der Waals surface area (Å²) in [5.41, 5.74) is 11.7. The SMILES string of the molecule is CCCCCCCCn1c2ccccc2c2ccc(-c3ccc4c(c3)C(CCCCCC)(CCCCCC)c3ccccc3-4)cc21. The first-order valence-corrected chi connectivity index (χ1v) is 19.0. The molecule has 46 heavy (non-hydrogen) atoms. The summed E-state index contributed by atoms with van der Waals surface area (Å²) >= 11 is 0. The van der Waals surface area contributed by atoms with Crippen molar-refractivity contribution in [2.24, 2.45) is 0 Å². The van der Waals surface area contributed by atoms with Crippen LogP contribution in [0.5, 0.6) is 0 Å². The lowest BCUT2D eigenvalue weighted by atomic mass is 9.70. The van der Waals surface area contributed by atoms with Crippen molar-refractivity contribution in [2.45, 2.75) is 135 Å². The number of hydrogen-bond donors (Lipinski definition) is 0. The normalized spacial score (nSPS) is 13.5. The number of fused-ring (bicyclic) bond motifs is 6. The van der Waals surface area contributed by atoms with Gasteiger partial charge in [-0.3, -0.25) is 0 Å². The van der Waals surface area contributed by atoms with Crippen LogP contribution in [0.25, 0.3) is 44.1 Å². The molecule has 0 amide bonds. The predicted molar refractivity (Wildman–Crippen MR) is 202 cm³/mol. The first-order chi connectivity index (χ1) is 22.7. The van der Waals surface area contributed by atoms with E-state index in [2.05, 4.69) is 110 Å². The minimum Gasteiger partial charge on any atom is -0.340 e. The highest BCUT2D eigenvalue weighted by Crippen LogP contribution is 2.55. The molecule has 1 heteroatoms. The summed E-state index contributed by atoms with van der Waals surface area (Å²) in [7, 11) is 0. The van der Waals surface area contributed by atoms with Crippen molar-refractivity contribution in [1.29, 1.82) is 0 Å². The van der Waals surface area contributed by atoms with Crippen LogP contribution in [0.1, 0.15) is 135 Å². The number of benzene rings is 4. The minimum absolute atomic E-state index is 0.125. The van der Waals surface area contributed by atoms with Crippen LogP contribution < -0.4 is 0 Å². The highest BCUT2D eigenvalue weighted by Gasteiger charge is 2.42. The molecule has 1 nitrogen and oxygen atoms in total. The Morgan fingerprint density at radius 3 is 1.78 bits per heavy atom. The molecule has 5 aromatic rings. The molecule has 1 heterocycles. The summed E-state index contributed by atoms with van der Waals surface area (Å²) in [6.07, 6.45) is 21.0. The second kappa shape index (κ2) is 15.5. The Hall–Kier alpha value is -3.32. The molecule has 0 saturated heterocycles. The monoisotopic (exact) mass is 611 g/mol. The van der Waals surface area contributed by atoms with E-state index in [4.69, 9.17) is 0 Å². The van der Waals surface area contributed by atoms with E-state index in [-0.39, 0.29) is 5.41 Å². The summed E-state index contributed by atoms with van der Waals surface area (Å²) in [4.78, 5) is 0. The molecule has 0 saturated carbocycles. The van der Waals surface area contributed by atoms with Gasteiger partial charge in [-0.05, 0) is 70.8 Å². The van der Waals surface area contributed by atoms with E-state index < -0.39 is 0 Å². The third-order valence-electron chi connectivity index (χ3n) is 11.0. The van der Waals surface area contributed by atoms with Gasteiger partial charge in [-0.1, -0.05) is 171 Å². The van der Waals surface area contributed by atoms with Crippen molar-refractivity contribution < 1.29 is 0 Å². The van der Waals surface area contributed by atoms with Gasteiger partial charge in [-0.15, -0.1) is 0 Å². The fourth-order valence-corrected chi connectivity index (χ4v) is 8.53. The molecule has 0 spiro atoms. The highest BCUT2D eigenvalue weighted by molar-refractivity contribution is 6.09. The van der Waals surface area contributed by atoms with Gasteiger partial charge < -0.3 is 4.57 Å². The Balaban J connectivity index is 1.39. The lowest BCUT2D eigenvalue weighted by Gasteiger charge is -2.33. The van der Waals surface area contributed by atoms with Gasteiger partial charge in [0.1, 0.15) is 0 Å². The van der Waals surface area contributed by atoms with E-state index in [9.17, 15) is 0 Å². The number of nitrogens with zero attached hydrogens (tertiary/aromatic N) is 1. The largest absolute Gasteiger partial charge is 0.340 e. The van der Waals surface area contributed by atoms with E-state index >= 15 is 0 Å². The Kier molecular flexibility index (Phi) is 11.0. The molecule has 0 atom stereocenters. The van der Waals surface area contributed by atoms with Crippen LogP contribution in [-0.4, -0.2) is 4.57 Å². The van der Waals surface area contributed by atoms with Crippen LogP contribution in [0, 0.1) is 0 Å². The van der Waals surface area contributed by atoms with Crippen LogP contribution in [0.4, 0.5) is 0 Å². The van der Waals surface area contributed by atoms with Crippen LogP contribution in [-0.2, 0) is 12.0 Å². The van der Waals surface area contributed by atoms with Crippen LogP contribution in [0.3, 0.4) is 0 Å². The van der Waals surface area contributed by atoms with Crippen molar-refractivity contribution in [3.8, 4) is 22.3 Å². The van der Waals surface area contributed by atoms with E-state index in [0.29, 0.717) is 0 Å². The van der Waals surface area contributed by atoms with Gasteiger partial charge in [0.25, 0.3) is 0 Å². The van der Waals surface area contributed by atoms with E-state index in [1.54, 1.807) is 11.1 Å². The molecule has 0 fully saturated rings. The molecule has 1 aliphatic rings. The second-order valence-corrected chi connectivity index (χ2v) is 14.2. The molecule has 0 bridgehead atoms. The second-order valence-electron chi connectivity index (χ2n) is 14.2. The molecule has 242 valence electrons. The van der Waals surface area contributed by atoms with Crippen molar-refractivity contribution in [1.82, 2.24) is 4.57 Å². The summed E-state index contributed by atoms with van der Waals surface area (Å²) in [6, 6.07) is 33.2. The van der Waals surface area contributed by atoms with Crippen molar-refractivity contribution in [2.75, 3.05) is 0 Å². The first kappa shape index (κ1) is 32.6. The highest BCUT2D eigenvalue weighted by atomic mass is 15.0. The lowest BCUT2D eigenvalue weighted by molar-refractivity contribution is 0.401. The smallest absolute Gasteiger partial charge is 0.0497 e. The summed E-state index contributed by atoms with van der Waals surface area (Å²) in [6.45, 7) is 8.06. The Bertz CT molecular complexity index is 1710. The average Bonchev–Trinajstić information content (AvgIpc) is 3.56. The quantitative estimate of drug-likeness (QED) is 0.0869. The lowest BCUT2D eigenvalue weighted by Crippen LogP contribution is -2.25. The Labute approximate surface area is 279 Å². The van der Waals surface area contributed by atoms with Gasteiger partial charge in [0.2, 0.25) is 0 Å². The third-order valence-corrected chi connectivity index (χ3v) is 11.0. The number of aryl methyl sites for hydroxylation is 1. The van der Waals surface area contributed by atoms with Crippen LogP contribution in [0.15, 0.2) is 84.9 Å². The molecule has 0 unspecified atom stereocenters. The standard InChI is InChI=1S/C45H57N/c1-4-7-10-13-14-21-32-46-43-25-18-16-23-39(43)40-29-27-36(34-44(40)46)35-26-28-38-37-22-15-17-24-41(37)45(42(38)33-35,30-19-11-8-5-2)31-20-12-9-6-3/h15-18,22-29,33-34H,4-14,19-21,30-32H2,1-3H3. The molecule has 0 N–H and O–H groups in total. The van der Waals surface area contributed by atoms with Crippen molar-refractivity contribution >= 4 is 21.8 Å². The van der Waals surface area contributed by atoms with Gasteiger partial charge in [0, 0.05) is 33.8 Å². The van der Waals surface area contributed by atoms with Gasteiger partial charge in [0.15, 0.2) is 0 Å². The van der Waals surface area contributed by atoms with Gasteiger partial charge in [-0.2, -0.15) is 0 Å². The fourth-order valence-electron chi connectivity index (χ4n) is 8.53. The molecule has 1 aliphatic carbocycles. The van der Waals surface area contributed by atoms with Crippen LogP contribution >= 0.6 is 0 Å². The molecule has 0 radical (unpaired) electrons. The molecular weight excluding hydrogens is 555 g/mol. The maximum absolute atomic E-state index is 2.61. The zero-order chi connectivity index (χ0) is 31.8. The number of hydrogen-bond acceptors (Lipinski definition) is 0. The van der Waals surface area contributed by atoms with Gasteiger partial charge in [0.05, 0.1) is 0 Å². The number of rotatable bonds is 18. The fraction of sp³-hybridized carbons (Fsp3) is 0.467. The van der Waals surface area contributed by atoms with Crippen molar-refractivity contribution in [3.05, 3.63) is 96.1 Å². The average molecular weight is 612 g/mol. The molecule has 6 rings (SSSR count). The van der Waals surface area contributed by atoms with E-state index in [1.807, 2.05) is 0 Å².